The lowest BCUT2D eigenvalue weighted by Gasteiger charge is -2.06. The Bertz CT molecular complexity index is 523. The number of halogens is 2. The number of aryl methyl sites for hydroxylation is 1. The van der Waals surface area contributed by atoms with Crippen molar-refractivity contribution in [3.63, 3.8) is 0 Å². The predicted octanol–water partition coefficient (Wildman–Crippen LogP) is 4.70. The Kier molecular flexibility index (Phi) is 4.81. The zero-order valence-corrected chi connectivity index (χ0v) is 12.6. The first-order chi connectivity index (χ1) is 8.65. The smallest absolute Gasteiger partial charge is 0.0548 e. The normalized spacial score (nSPS) is 10.6. The van der Waals surface area contributed by atoms with Gasteiger partial charge < -0.3 is 5.32 Å². The largest absolute Gasteiger partial charge is 0.309 e. The van der Waals surface area contributed by atoms with Crippen molar-refractivity contribution in [3.05, 3.63) is 68.7 Å². The summed E-state index contributed by atoms with van der Waals surface area (Å²) in [7, 11) is 0. The first-order valence-electron chi connectivity index (χ1n) is 5.85. The number of hydrogen-bond donors (Lipinski definition) is 1. The van der Waals surface area contributed by atoms with E-state index >= 15 is 0 Å². The zero-order chi connectivity index (χ0) is 13.0. The second kappa shape index (κ2) is 6.37. The van der Waals surface area contributed by atoms with Crippen molar-refractivity contribution in [2.45, 2.75) is 20.0 Å². The SMILES string of the molecule is Cc1ccc(CNCc2ccc(Cl)c(Br)c2)cc1. The van der Waals surface area contributed by atoms with Gasteiger partial charge >= 0.3 is 0 Å². The molecule has 0 bridgehead atoms. The molecule has 0 heterocycles. The maximum Gasteiger partial charge on any atom is 0.0548 e. The van der Waals surface area contributed by atoms with Gasteiger partial charge in [0.05, 0.1) is 5.02 Å². The van der Waals surface area contributed by atoms with Gasteiger partial charge in [0.1, 0.15) is 0 Å². The highest BCUT2D eigenvalue weighted by Crippen LogP contribution is 2.23. The van der Waals surface area contributed by atoms with E-state index in [0.717, 1.165) is 22.6 Å². The second-order valence-electron chi connectivity index (χ2n) is 4.34. The van der Waals surface area contributed by atoms with E-state index in [2.05, 4.69) is 52.4 Å². The molecule has 0 saturated carbocycles. The fourth-order valence-electron chi connectivity index (χ4n) is 1.71. The van der Waals surface area contributed by atoms with E-state index in [0.29, 0.717) is 0 Å². The highest BCUT2D eigenvalue weighted by Gasteiger charge is 1.99. The van der Waals surface area contributed by atoms with Gasteiger partial charge in [-0.1, -0.05) is 47.5 Å². The maximum atomic E-state index is 5.96. The minimum atomic E-state index is 0.747. The monoisotopic (exact) mass is 323 g/mol. The molecule has 0 unspecified atom stereocenters. The van der Waals surface area contributed by atoms with E-state index in [9.17, 15) is 0 Å². The predicted molar refractivity (Wildman–Crippen MR) is 80.9 cm³/mol. The molecule has 18 heavy (non-hydrogen) atoms. The number of hydrogen-bond acceptors (Lipinski definition) is 1. The average Bonchev–Trinajstić information content (AvgIpc) is 2.36. The molecule has 2 rings (SSSR count). The summed E-state index contributed by atoms with van der Waals surface area (Å²) in [6.45, 7) is 3.81. The van der Waals surface area contributed by atoms with E-state index in [4.69, 9.17) is 11.6 Å². The lowest BCUT2D eigenvalue weighted by molar-refractivity contribution is 0.693. The molecule has 1 nitrogen and oxygen atoms in total. The first-order valence-corrected chi connectivity index (χ1v) is 7.02. The molecular formula is C15H15BrClN. The topological polar surface area (TPSA) is 12.0 Å². The average molecular weight is 325 g/mol. The van der Waals surface area contributed by atoms with Gasteiger partial charge in [0.15, 0.2) is 0 Å². The van der Waals surface area contributed by atoms with Crippen molar-refractivity contribution >= 4 is 27.5 Å². The number of benzene rings is 2. The highest BCUT2D eigenvalue weighted by atomic mass is 79.9. The molecule has 0 fully saturated rings. The summed E-state index contributed by atoms with van der Waals surface area (Å²) in [5.74, 6) is 0. The molecule has 2 aromatic rings. The highest BCUT2D eigenvalue weighted by molar-refractivity contribution is 9.10. The molecule has 0 radical (unpaired) electrons. The Hall–Kier alpha value is -0.830. The van der Waals surface area contributed by atoms with Gasteiger partial charge in [-0.25, -0.2) is 0 Å². The fraction of sp³-hybridized carbons (Fsp3) is 0.200. The van der Waals surface area contributed by atoms with Crippen molar-refractivity contribution in [1.82, 2.24) is 5.32 Å². The number of nitrogens with one attached hydrogen (secondary N) is 1. The molecular weight excluding hydrogens is 310 g/mol. The summed E-state index contributed by atoms with van der Waals surface area (Å²) in [5.41, 5.74) is 3.81. The van der Waals surface area contributed by atoms with Crippen LogP contribution < -0.4 is 5.32 Å². The number of rotatable bonds is 4. The van der Waals surface area contributed by atoms with Gasteiger partial charge in [0.2, 0.25) is 0 Å². The van der Waals surface area contributed by atoms with Crippen LogP contribution in [-0.4, -0.2) is 0 Å². The minimum absolute atomic E-state index is 0.747. The Labute approximate surface area is 121 Å². The molecule has 2 aromatic carbocycles. The maximum absolute atomic E-state index is 5.96. The van der Waals surface area contributed by atoms with E-state index in [1.165, 1.54) is 16.7 Å². The van der Waals surface area contributed by atoms with E-state index in [-0.39, 0.29) is 0 Å². The molecule has 94 valence electrons. The molecule has 0 aliphatic rings. The first kappa shape index (κ1) is 13.6. The van der Waals surface area contributed by atoms with Crippen LogP contribution in [0.1, 0.15) is 16.7 Å². The molecule has 1 N–H and O–H groups in total. The van der Waals surface area contributed by atoms with Crippen molar-refractivity contribution in [1.29, 1.82) is 0 Å². The zero-order valence-electron chi connectivity index (χ0n) is 10.2. The van der Waals surface area contributed by atoms with E-state index < -0.39 is 0 Å². The van der Waals surface area contributed by atoms with Crippen molar-refractivity contribution < 1.29 is 0 Å². The van der Waals surface area contributed by atoms with Crippen LogP contribution in [0, 0.1) is 6.92 Å². The lowest BCUT2D eigenvalue weighted by Crippen LogP contribution is -2.12. The molecule has 0 aliphatic carbocycles. The Morgan fingerprint density at radius 1 is 1.00 bits per heavy atom. The molecule has 0 aromatic heterocycles. The van der Waals surface area contributed by atoms with Crippen LogP contribution in [0.2, 0.25) is 5.02 Å². The quantitative estimate of drug-likeness (QED) is 0.859. The van der Waals surface area contributed by atoms with Crippen molar-refractivity contribution in [2.24, 2.45) is 0 Å². The molecule has 0 saturated heterocycles. The van der Waals surface area contributed by atoms with Gasteiger partial charge in [-0.15, -0.1) is 0 Å². The summed E-state index contributed by atoms with van der Waals surface area (Å²) in [5, 5.41) is 4.17. The summed E-state index contributed by atoms with van der Waals surface area (Å²) < 4.78 is 0.943. The fourth-order valence-corrected chi connectivity index (χ4v) is 2.25. The molecule has 0 atom stereocenters. The standard InChI is InChI=1S/C15H15BrClN/c1-11-2-4-12(5-3-11)9-18-10-13-6-7-15(17)14(16)8-13/h2-8,18H,9-10H2,1H3. The Morgan fingerprint density at radius 3 is 2.28 bits per heavy atom. The van der Waals surface area contributed by atoms with Crippen molar-refractivity contribution in [2.75, 3.05) is 0 Å². The van der Waals surface area contributed by atoms with Crippen LogP contribution >= 0.6 is 27.5 Å². The van der Waals surface area contributed by atoms with Gasteiger partial charge in [-0.2, -0.15) is 0 Å². The summed E-state index contributed by atoms with van der Waals surface area (Å²) in [4.78, 5) is 0. The van der Waals surface area contributed by atoms with Crippen LogP contribution in [-0.2, 0) is 13.1 Å². The molecule has 3 heteroatoms. The van der Waals surface area contributed by atoms with Crippen LogP contribution in [0.15, 0.2) is 46.9 Å². The van der Waals surface area contributed by atoms with Gasteiger partial charge in [0.25, 0.3) is 0 Å². The summed E-state index contributed by atoms with van der Waals surface area (Å²) >= 11 is 9.39. The Balaban J connectivity index is 1.88. The van der Waals surface area contributed by atoms with Gasteiger partial charge in [0, 0.05) is 17.6 Å². The summed E-state index contributed by atoms with van der Waals surface area (Å²) in [6.07, 6.45) is 0. The van der Waals surface area contributed by atoms with Crippen molar-refractivity contribution in [3.8, 4) is 0 Å². The third-order valence-electron chi connectivity index (χ3n) is 2.76. The Morgan fingerprint density at radius 2 is 1.61 bits per heavy atom. The molecule has 0 spiro atoms. The second-order valence-corrected chi connectivity index (χ2v) is 5.60. The van der Waals surface area contributed by atoms with Crippen LogP contribution in [0.25, 0.3) is 0 Å². The van der Waals surface area contributed by atoms with E-state index in [1.807, 2.05) is 18.2 Å². The van der Waals surface area contributed by atoms with Crippen LogP contribution in [0.4, 0.5) is 0 Å². The third kappa shape index (κ3) is 3.84. The minimum Gasteiger partial charge on any atom is -0.309 e. The van der Waals surface area contributed by atoms with Gasteiger partial charge in [-0.3, -0.25) is 0 Å². The summed E-state index contributed by atoms with van der Waals surface area (Å²) in [6, 6.07) is 14.6. The van der Waals surface area contributed by atoms with Crippen LogP contribution in [0.3, 0.4) is 0 Å². The van der Waals surface area contributed by atoms with E-state index in [1.54, 1.807) is 0 Å². The molecule has 0 amide bonds. The van der Waals surface area contributed by atoms with Crippen LogP contribution in [0.5, 0.6) is 0 Å². The molecule has 0 aliphatic heterocycles. The third-order valence-corrected chi connectivity index (χ3v) is 3.98. The lowest BCUT2D eigenvalue weighted by atomic mass is 10.1. The van der Waals surface area contributed by atoms with Gasteiger partial charge in [-0.05, 0) is 46.1 Å².